The van der Waals surface area contributed by atoms with E-state index in [0.29, 0.717) is 30.9 Å². The minimum absolute atomic E-state index is 0.126. The van der Waals surface area contributed by atoms with E-state index in [9.17, 15) is 14.1 Å². The normalized spacial score (nSPS) is 32.7. The maximum atomic E-state index is 13.4. The highest BCUT2D eigenvalue weighted by Gasteiger charge is 2.44. The van der Waals surface area contributed by atoms with Gasteiger partial charge in [0, 0.05) is 29.1 Å². The van der Waals surface area contributed by atoms with Crippen LogP contribution in [0.2, 0.25) is 5.02 Å². The number of nitrogens with zero attached hydrogens (tertiary/aromatic N) is 1. The van der Waals surface area contributed by atoms with Crippen molar-refractivity contribution in [3.05, 3.63) is 70.3 Å². The molecule has 2 heterocycles. The zero-order valence-electron chi connectivity index (χ0n) is 24.0. The first-order chi connectivity index (χ1) is 19.7. The van der Waals surface area contributed by atoms with Gasteiger partial charge in [0.15, 0.2) is 0 Å². The van der Waals surface area contributed by atoms with E-state index in [2.05, 4.69) is 21.8 Å². The number of aliphatic hydroxyl groups excluding tert-OH is 1. The van der Waals surface area contributed by atoms with E-state index in [0.717, 1.165) is 61.7 Å². The Morgan fingerprint density at radius 1 is 1.15 bits per heavy atom. The molecule has 2 aliphatic heterocycles. The van der Waals surface area contributed by atoms with E-state index in [-0.39, 0.29) is 28.4 Å². The van der Waals surface area contributed by atoms with Gasteiger partial charge in [-0.15, -0.1) is 0 Å². The van der Waals surface area contributed by atoms with E-state index in [1.807, 2.05) is 44.2 Å². The number of allylic oxidation sites excluding steroid dienone is 1. The lowest BCUT2D eigenvalue weighted by Crippen LogP contribution is -2.49. The monoisotopic (exact) mass is 596 g/mol. The van der Waals surface area contributed by atoms with Crippen LogP contribution in [-0.2, 0) is 22.8 Å². The Morgan fingerprint density at radius 3 is 2.76 bits per heavy atom. The van der Waals surface area contributed by atoms with Gasteiger partial charge in [0.25, 0.3) is 5.91 Å². The van der Waals surface area contributed by atoms with Crippen molar-refractivity contribution in [3.8, 4) is 5.75 Å². The van der Waals surface area contributed by atoms with Gasteiger partial charge in [0.05, 0.1) is 23.6 Å². The van der Waals surface area contributed by atoms with Gasteiger partial charge >= 0.3 is 0 Å². The molecule has 2 aromatic carbocycles. The molecule has 41 heavy (non-hydrogen) atoms. The summed E-state index contributed by atoms with van der Waals surface area (Å²) >= 11 is 6.40. The van der Waals surface area contributed by atoms with Gasteiger partial charge in [-0.05, 0) is 104 Å². The van der Waals surface area contributed by atoms with Crippen molar-refractivity contribution in [2.24, 2.45) is 17.8 Å². The number of rotatable bonds is 1. The molecule has 1 saturated carbocycles. The summed E-state index contributed by atoms with van der Waals surface area (Å²) < 4.78 is 22.6. The summed E-state index contributed by atoms with van der Waals surface area (Å²) in [5.74, 6) is 1.15. The van der Waals surface area contributed by atoms with Crippen molar-refractivity contribution in [1.82, 2.24) is 4.72 Å². The first-order valence-electron chi connectivity index (χ1n) is 15.1. The summed E-state index contributed by atoms with van der Waals surface area (Å²) in [6.45, 7) is 6.16. The average Bonchev–Trinajstić information content (AvgIpc) is 3.07. The van der Waals surface area contributed by atoms with E-state index in [4.69, 9.17) is 16.3 Å². The van der Waals surface area contributed by atoms with Crippen molar-refractivity contribution >= 4 is 34.2 Å². The van der Waals surface area contributed by atoms with Crippen LogP contribution >= 0.6 is 11.6 Å². The van der Waals surface area contributed by atoms with Gasteiger partial charge in [0.2, 0.25) is 0 Å². The number of anilines is 1. The quantitative estimate of drug-likeness (QED) is 0.397. The molecule has 6 rings (SSSR count). The lowest BCUT2D eigenvalue weighted by molar-refractivity contribution is 0.0177. The lowest BCUT2D eigenvalue weighted by atomic mass is 9.68. The number of aryl methyl sites for hydroxylation is 1. The minimum atomic E-state index is -1.54. The number of nitrogens with one attached hydrogen (secondary N) is 1. The number of halogens is 1. The number of carbonyl (C=O) groups excluding carboxylic acids is 1. The number of hydrogen-bond donors (Lipinski definition) is 2. The van der Waals surface area contributed by atoms with Crippen molar-refractivity contribution < 1.29 is 18.8 Å². The molecule has 2 N–H and O–H groups in total. The number of fused-ring (bicyclic) bond motifs is 4. The molecule has 0 radical (unpaired) electrons. The predicted molar refractivity (Wildman–Crippen MR) is 165 cm³/mol. The Balaban J connectivity index is 1.40. The molecular weight excluding hydrogens is 556 g/mol. The SMILES string of the molecule is CC(C)[C@H]1C/C=C/C[C@H](O)[C@@H]2CC[C@H]2CN2C[C@@]3(CCCc4cc(Cl)ccc43)COc3ccc(cc32)C(=O)NS1=O. The molecule has 2 bridgehead atoms. The van der Waals surface area contributed by atoms with E-state index in [1.165, 1.54) is 11.1 Å². The van der Waals surface area contributed by atoms with Crippen molar-refractivity contribution in [1.29, 1.82) is 0 Å². The van der Waals surface area contributed by atoms with Crippen LogP contribution in [0.25, 0.3) is 0 Å². The molecule has 1 spiro atoms. The lowest BCUT2D eigenvalue weighted by Gasteiger charge is -2.45. The van der Waals surface area contributed by atoms with Gasteiger partial charge in [-0.25, -0.2) is 4.21 Å². The molecule has 1 unspecified atom stereocenters. The van der Waals surface area contributed by atoms with Crippen molar-refractivity contribution in [3.63, 3.8) is 0 Å². The molecule has 1 amide bonds. The van der Waals surface area contributed by atoms with Crippen LogP contribution in [0.1, 0.15) is 73.9 Å². The second kappa shape index (κ2) is 11.7. The fourth-order valence-corrected chi connectivity index (χ4v) is 8.77. The van der Waals surface area contributed by atoms with Crippen LogP contribution in [0.3, 0.4) is 0 Å². The smallest absolute Gasteiger partial charge is 0.263 e. The zero-order valence-corrected chi connectivity index (χ0v) is 25.6. The summed E-state index contributed by atoms with van der Waals surface area (Å²) in [4.78, 5) is 15.8. The highest BCUT2D eigenvalue weighted by molar-refractivity contribution is 7.84. The van der Waals surface area contributed by atoms with Gasteiger partial charge in [-0.3, -0.25) is 9.52 Å². The van der Waals surface area contributed by atoms with E-state index >= 15 is 0 Å². The number of hydrogen-bond acceptors (Lipinski definition) is 5. The number of aliphatic hydroxyl groups is 1. The van der Waals surface area contributed by atoms with Crippen molar-refractivity contribution in [2.45, 2.75) is 75.6 Å². The Morgan fingerprint density at radius 2 is 1.98 bits per heavy atom. The van der Waals surface area contributed by atoms with Crippen LogP contribution in [0.5, 0.6) is 5.75 Å². The minimum Gasteiger partial charge on any atom is -0.490 e. The number of carbonyl (C=O) groups is 1. The average molecular weight is 597 g/mol. The molecule has 6 nitrogen and oxygen atoms in total. The third-order valence-corrected chi connectivity index (χ3v) is 11.8. The fourth-order valence-electron chi connectivity index (χ4n) is 7.34. The van der Waals surface area contributed by atoms with Gasteiger partial charge in [-0.2, -0.15) is 0 Å². The van der Waals surface area contributed by atoms with Gasteiger partial charge in [-0.1, -0.05) is 43.7 Å². The zero-order chi connectivity index (χ0) is 28.7. The first-order valence-corrected chi connectivity index (χ1v) is 16.7. The number of ether oxygens (including phenoxy) is 1. The van der Waals surface area contributed by atoms with Crippen LogP contribution < -0.4 is 14.4 Å². The Bertz CT molecular complexity index is 1360. The summed E-state index contributed by atoms with van der Waals surface area (Å²) in [5, 5.41) is 11.7. The van der Waals surface area contributed by atoms with Gasteiger partial charge < -0.3 is 14.7 Å². The standard InChI is InChI=1S/C33H41ClN2O4S/c1-21(2)31-8-4-3-7-29(37)26-12-9-24(26)18-36-19-33(15-5-6-22-16-25(34)11-13-27(22)33)20-40-30-14-10-23(17-28(30)36)32(38)35-41(31)39/h3-4,10-11,13-14,16-17,21,24,26,29,31,37H,5-9,12,15,18-20H2,1-2H3,(H,35,38)/b4-3+/t24-,26+,29-,31+,33-,41?/m0/s1. The van der Waals surface area contributed by atoms with Gasteiger partial charge in [0.1, 0.15) is 16.7 Å². The highest BCUT2D eigenvalue weighted by Crippen LogP contribution is 2.46. The maximum absolute atomic E-state index is 13.4. The van der Waals surface area contributed by atoms with Crippen LogP contribution in [0, 0.1) is 17.8 Å². The molecule has 2 aromatic rings. The second-order valence-corrected chi connectivity index (χ2v) is 14.7. The molecule has 2 aliphatic carbocycles. The second-order valence-electron chi connectivity index (χ2n) is 12.8. The highest BCUT2D eigenvalue weighted by atomic mass is 35.5. The molecule has 0 saturated heterocycles. The van der Waals surface area contributed by atoms with E-state index in [1.54, 1.807) is 6.07 Å². The summed E-state index contributed by atoms with van der Waals surface area (Å²) in [6.07, 6.45) is 10.0. The summed E-state index contributed by atoms with van der Waals surface area (Å²) in [5.41, 5.74) is 3.77. The number of amides is 1. The third kappa shape index (κ3) is 5.70. The molecular formula is C33H41ClN2O4S. The summed E-state index contributed by atoms with van der Waals surface area (Å²) in [7, 11) is -1.54. The van der Waals surface area contributed by atoms with Crippen LogP contribution in [0.4, 0.5) is 5.69 Å². The molecule has 1 fully saturated rings. The number of benzene rings is 2. The Hall–Kier alpha value is -2.35. The van der Waals surface area contributed by atoms with E-state index < -0.39 is 17.1 Å². The third-order valence-electron chi connectivity index (χ3n) is 9.85. The predicted octanol–water partition coefficient (Wildman–Crippen LogP) is 5.97. The molecule has 0 aromatic heterocycles. The van der Waals surface area contributed by atoms with Crippen molar-refractivity contribution in [2.75, 3.05) is 24.6 Å². The molecule has 6 atom stereocenters. The van der Waals surface area contributed by atoms with Crippen LogP contribution in [-0.4, -0.2) is 46.3 Å². The molecule has 4 aliphatic rings. The summed E-state index contributed by atoms with van der Waals surface area (Å²) in [6, 6.07) is 11.8. The Labute approximate surface area is 251 Å². The first kappa shape index (κ1) is 28.8. The molecule has 8 heteroatoms. The topological polar surface area (TPSA) is 78.9 Å². The molecule has 220 valence electrons. The largest absolute Gasteiger partial charge is 0.490 e. The maximum Gasteiger partial charge on any atom is 0.263 e. The Kier molecular flexibility index (Phi) is 8.23. The fraction of sp³-hybridized carbons (Fsp3) is 0.545. The van der Waals surface area contributed by atoms with Crippen LogP contribution in [0.15, 0.2) is 48.6 Å².